The van der Waals surface area contributed by atoms with Crippen molar-refractivity contribution in [3.63, 3.8) is 0 Å². The molecule has 0 fully saturated rings. The second kappa shape index (κ2) is 12.1. The van der Waals surface area contributed by atoms with Gasteiger partial charge in [-0.05, 0) is 56.2 Å². The van der Waals surface area contributed by atoms with Crippen LogP contribution in [0.3, 0.4) is 0 Å². The third-order valence-corrected chi connectivity index (χ3v) is 8.33. The molecule has 2 heterocycles. The molecule has 1 aromatic carbocycles. The first-order valence-corrected chi connectivity index (χ1v) is 13.1. The van der Waals surface area contributed by atoms with Gasteiger partial charge in [-0.15, -0.1) is 22.7 Å². The molecule has 0 atom stereocenters. The molecule has 0 unspecified atom stereocenters. The lowest BCUT2D eigenvalue weighted by molar-refractivity contribution is -0.254. The standard InChI is InChI=1S/C27H22F6O4S2.2CH4/c1-13(34)16-6-5-7-17(8-16)24(35)37-12-19-10-21(15(3)39-19)23-22(20-9-18(11-36-4)38-14(20)2)25(28,29)27(32,33)26(23,30)31;;/h5-10H,11-12H2,1-4H3;2*1H4. The van der Waals surface area contributed by atoms with E-state index < -0.39 is 52.6 Å². The van der Waals surface area contributed by atoms with Crippen LogP contribution in [0.5, 0.6) is 0 Å². The number of alkyl halides is 6. The first kappa shape index (κ1) is 34.2. The van der Waals surface area contributed by atoms with Gasteiger partial charge in [0.2, 0.25) is 0 Å². The van der Waals surface area contributed by atoms with Gasteiger partial charge in [0.05, 0.1) is 12.2 Å². The van der Waals surface area contributed by atoms with Crippen molar-refractivity contribution in [2.45, 2.75) is 66.6 Å². The Hall–Kier alpha value is -2.96. The van der Waals surface area contributed by atoms with Crippen LogP contribution in [0.15, 0.2) is 36.4 Å². The zero-order valence-corrected chi connectivity index (χ0v) is 22.7. The molecular formula is C29H30F6O4S2. The molecular weight excluding hydrogens is 590 g/mol. The van der Waals surface area contributed by atoms with Crippen LogP contribution in [0.1, 0.15) is 73.1 Å². The average Bonchev–Trinajstić information content (AvgIpc) is 3.43. The maximum atomic E-state index is 15.2. The van der Waals surface area contributed by atoms with Crippen molar-refractivity contribution in [2.75, 3.05) is 7.11 Å². The van der Waals surface area contributed by atoms with Gasteiger partial charge in [-0.1, -0.05) is 27.0 Å². The van der Waals surface area contributed by atoms with Crippen LogP contribution in [-0.2, 0) is 22.7 Å². The van der Waals surface area contributed by atoms with Crippen LogP contribution in [0.25, 0.3) is 11.1 Å². The Morgan fingerprint density at radius 2 is 1.24 bits per heavy atom. The number of carbonyl (C=O) groups excluding carboxylic acids is 2. The summed E-state index contributed by atoms with van der Waals surface area (Å²) in [5, 5.41) is 0. The Labute approximate surface area is 242 Å². The van der Waals surface area contributed by atoms with Gasteiger partial charge in [-0.3, -0.25) is 4.79 Å². The molecule has 0 spiro atoms. The van der Waals surface area contributed by atoms with Crippen LogP contribution < -0.4 is 0 Å². The minimum absolute atomic E-state index is 0. The van der Waals surface area contributed by atoms with Crippen molar-refractivity contribution < 1.29 is 45.4 Å². The van der Waals surface area contributed by atoms with Crippen LogP contribution >= 0.6 is 22.7 Å². The van der Waals surface area contributed by atoms with E-state index in [9.17, 15) is 18.4 Å². The molecule has 2 aromatic heterocycles. The van der Waals surface area contributed by atoms with E-state index in [2.05, 4.69) is 0 Å². The number of methoxy groups -OCH3 is 1. The smallest absolute Gasteiger partial charge is 0.380 e. The third-order valence-electron chi connectivity index (χ3n) is 6.28. The van der Waals surface area contributed by atoms with E-state index in [1.54, 1.807) is 0 Å². The number of esters is 1. The topological polar surface area (TPSA) is 52.6 Å². The highest BCUT2D eigenvalue weighted by Gasteiger charge is 2.80. The van der Waals surface area contributed by atoms with Gasteiger partial charge < -0.3 is 9.47 Å². The minimum atomic E-state index is -5.68. The average molecular weight is 621 g/mol. The van der Waals surface area contributed by atoms with E-state index in [-0.39, 0.29) is 53.0 Å². The fourth-order valence-corrected chi connectivity index (χ4v) is 6.36. The SMILES string of the molecule is C.C.COCc1cc(C2=C(c3cc(COC(=O)c4cccc(C(C)=O)c4)sc3C)C(F)(F)C(F)(F)C2(F)F)c(C)s1. The molecule has 0 bridgehead atoms. The molecule has 0 amide bonds. The first-order chi connectivity index (χ1) is 18.1. The number of rotatable bonds is 8. The molecule has 12 heteroatoms. The summed E-state index contributed by atoms with van der Waals surface area (Å²) in [6.07, 6.45) is 0. The maximum absolute atomic E-state index is 15.2. The molecule has 0 radical (unpaired) electrons. The molecule has 0 saturated heterocycles. The quantitative estimate of drug-likeness (QED) is 0.143. The number of aryl methyl sites for hydroxylation is 2. The number of Topliss-reactive ketones (excluding diaryl/α,β-unsaturated/α-hetero) is 1. The summed E-state index contributed by atoms with van der Waals surface area (Å²) >= 11 is 1.84. The zero-order valence-electron chi connectivity index (χ0n) is 21.1. The molecule has 0 N–H and O–H groups in total. The molecule has 1 aliphatic carbocycles. The molecule has 0 aliphatic heterocycles. The normalized spacial score (nSPS) is 16.6. The van der Waals surface area contributed by atoms with E-state index in [4.69, 9.17) is 9.47 Å². The van der Waals surface area contributed by atoms with Crippen LogP contribution in [0.2, 0.25) is 0 Å². The summed E-state index contributed by atoms with van der Waals surface area (Å²) in [5.41, 5.74) is -3.40. The highest BCUT2D eigenvalue weighted by atomic mass is 32.1. The number of thiophene rings is 2. The van der Waals surface area contributed by atoms with E-state index in [1.807, 2.05) is 0 Å². The number of ether oxygens (including phenoxy) is 2. The highest BCUT2D eigenvalue weighted by molar-refractivity contribution is 7.12. The van der Waals surface area contributed by atoms with Gasteiger partial charge >= 0.3 is 23.7 Å². The predicted octanol–water partition coefficient (Wildman–Crippen LogP) is 9.23. The van der Waals surface area contributed by atoms with E-state index in [0.29, 0.717) is 4.88 Å². The van der Waals surface area contributed by atoms with Gasteiger partial charge in [0.25, 0.3) is 0 Å². The Balaban J connectivity index is 0.00000294. The van der Waals surface area contributed by atoms with E-state index in [0.717, 1.165) is 28.7 Å². The summed E-state index contributed by atoms with van der Waals surface area (Å²) in [6.45, 7) is 3.62. The summed E-state index contributed by atoms with van der Waals surface area (Å²) in [5.74, 6) is -17.1. The summed E-state index contributed by atoms with van der Waals surface area (Å²) in [7, 11) is 1.36. The minimum Gasteiger partial charge on any atom is -0.456 e. The number of benzene rings is 1. The van der Waals surface area contributed by atoms with Gasteiger partial charge in [0, 0.05) is 43.3 Å². The first-order valence-electron chi connectivity index (χ1n) is 11.5. The third kappa shape index (κ3) is 5.74. The van der Waals surface area contributed by atoms with Gasteiger partial charge in [0.15, 0.2) is 5.78 Å². The summed E-state index contributed by atoms with van der Waals surface area (Å²) in [6, 6.07) is 7.99. The van der Waals surface area contributed by atoms with E-state index in [1.165, 1.54) is 58.2 Å². The van der Waals surface area contributed by atoms with E-state index >= 15 is 17.6 Å². The molecule has 41 heavy (non-hydrogen) atoms. The van der Waals surface area contributed by atoms with Crippen molar-refractivity contribution in [3.05, 3.63) is 78.2 Å². The second-order valence-corrected chi connectivity index (χ2v) is 11.7. The van der Waals surface area contributed by atoms with Gasteiger partial charge in [-0.25, -0.2) is 4.79 Å². The lowest BCUT2D eigenvalue weighted by Gasteiger charge is -2.25. The lowest BCUT2D eigenvalue weighted by Crippen LogP contribution is -2.48. The van der Waals surface area contributed by atoms with Crippen molar-refractivity contribution in [3.8, 4) is 0 Å². The van der Waals surface area contributed by atoms with Gasteiger partial charge in [0.1, 0.15) is 6.61 Å². The second-order valence-electron chi connectivity index (χ2n) is 8.98. The molecule has 4 rings (SSSR count). The van der Waals surface area contributed by atoms with Crippen molar-refractivity contribution in [2.24, 2.45) is 0 Å². The molecule has 4 nitrogen and oxygen atoms in total. The molecule has 224 valence electrons. The Morgan fingerprint density at radius 1 is 0.780 bits per heavy atom. The van der Waals surface area contributed by atoms with Crippen LogP contribution in [-0.4, -0.2) is 36.6 Å². The Morgan fingerprint density at radius 3 is 1.71 bits per heavy atom. The Bertz CT molecular complexity index is 1490. The highest BCUT2D eigenvalue weighted by Crippen LogP contribution is 2.65. The predicted molar refractivity (Wildman–Crippen MR) is 150 cm³/mol. The van der Waals surface area contributed by atoms with Gasteiger partial charge in [-0.2, -0.15) is 26.3 Å². The number of hydrogen-bond acceptors (Lipinski definition) is 6. The zero-order chi connectivity index (χ0) is 28.9. The molecule has 1 aliphatic rings. The number of halogens is 6. The van der Waals surface area contributed by atoms with Crippen LogP contribution in [0, 0.1) is 13.8 Å². The Kier molecular flexibility index (Phi) is 10.1. The monoisotopic (exact) mass is 620 g/mol. The summed E-state index contributed by atoms with van der Waals surface area (Å²) in [4.78, 5) is 24.9. The molecule has 0 saturated carbocycles. The largest absolute Gasteiger partial charge is 0.456 e. The fraction of sp³-hybridized carbons (Fsp3) is 0.379. The summed E-state index contributed by atoms with van der Waals surface area (Å²) < 4.78 is 100. The van der Waals surface area contributed by atoms with Crippen molar-refractivity contribution >= 4 is 45.6 Å². The van der Waals surface area contributed by atoms with Crippen LogP contribution in [0.4, 0.5) is 26.3 Å². The van der Waals surface area contributed by atoms with Crippen molar-refractivity contribution in [1.29, 1.82) is 0 Å². The maximum Gasteiger partial charge on any atom is 0.380 e. The van der Waals surface area contributed by atoms with Crippen molar-refractivity contribution in [1.82, 2.24) is 0 Å². The lowest BCUT2D eigenvalue weighted by atomic mass is 9.95. The molecule has 3 aromatic rings. The number of hydrogen-bond donors (Lipinski definition) is 0. The number of ketones is 1. The number of carbonyl (C=O) groups is 2. The fourth-order valence-electron chi connectivity index (χ4n) is 4.39. The number of allylic oxidation sites excluding steroid dienone is 2.